The van der Waals surface area contributed by atoms with Gasteiger partial charge in [-0.05, 0) is 87.5 Å². The standard InChI is InChI=1S/C39H53NO5/c1-4-45-34(43)40(25-27-11-7-5-8-12-27)26-38(44)20-17-32-36(38,3)19-16-31-35(2)18-15-29(41)23-37(35)21-22-39(31,32)30(24-37)33(42)28-13-9-6-10-14-28/h5,7-8,11-12,21-22,24,28-29,31-32,41,44H,4,6,9-10,13-20,23,25-26H2,1-3H3. The maximum atomic E-state index is 14.7. The Bertz CT molecular complexity index is 1380. The molecule has 8 unspecified atom stereocenters. The maximum Gasteiger partial charge on any atom is 0.410 e. The van der Waals surface area contributed by atoms with E-state index in [1.54, 1.807) is 4.90 Å². The molecule has 1 aromatic rings. The average Bonchev–Trinajstić information content (AvgIpc) is 3.31. The molecule has 2 N–H and O–H groups in total. The predicted octanol–water partition coefficient (Wildman–Crippen LogP) is 7.39. The molecule has 0 radical (unpaired) electrons. The van der Waals surface area contributed by atoms with Crippen LogP contribution < -0.4 is 0 Å². The smallest absolute Gasteiger partial charge is 0.410 e. The third kappa shape index (κ3) is 4.47. The molecule has 4 fully saturated rings. The quantitative estimate of drug-likeness (QED) is 0.313. The van der Waals surface area contributed by atoms with Crippen molar-refractivity contribution < 1.29 is 24.5 Å². The Morgan fingerprint density at radius 2 is 1.60 bits per heavy atom. The molecule has 6 heteroatoms. The number of fused-ring (bicyclic) bond motifs is 1. The second kappa shape index (κ2) is 11.1. The molecule has 0 aromatic heterocycles. The van der Waals surface area contributed by atoms with Gasteiger partial charge in [0.15, 0.2) is 5.78 Å². The van der Waals surface area contributed by atoms with Gasteiger partial charge in [0.2, 0.25) is 0 Å². The van der Waals surface area contributed by atoms with E-state index in [2.05, 4.69) is 32.1 Å². The Morgan fingerprint density at radius 3 is 2.33 bits per heavy atom. The highest BCUT2D eigenvalue weighted by molar-refractivity contribution is 6.00. The summed E-state index contributed by atoms with van der Waals surface area (Å²) in [6.07, 6.45) is 17.4. The molecule has 0 saturated heterocycles. The van der Waals surface area contributed by atoms with Crippen molar-refractivity contribution in [3.63, 3.8) is 0 Å². The molecular formula is C39H53NO5. The van der Waals surface area contributed by atoms with Crippen molar-refractivity contribution in [1.29, 1.82) is 0 Å². The van der Waals surface area contributed by atoms with Crippen molar-refractivity contribution in [3.8, 4) is 0 Å². The van der Waals surface area contributed by atoms with E-state index in [-0.39, 0.29) is 41.9 Å². The fourth-order valence-corrected chi connectivity index (χ4v) is 11.7. The van der Waals surface area contributed by atoms with Crippen LogP contribution in [0, 0.1) is 39.4 Å². The Kier molecular flexibility index (Phi) is 7.67. The third-order valence-corrected chi connectivity index (χ3v) is 14.1. The third-order valence-electron chi connectivity index (χ3n) is 14.1. The number of ketones is 1. The molecule has 2 spiro atoms. The van der Waals surface area contributed by atoms with E-state index in [9.17, 15) is 19.8 Å². The molecule has 0 heterocycles. The van der Waals surface area contributed by atoms with Gasteiger partial charge in [-0.3, -0.25) is 4.79 Å². The lowest BCUT2D eigenvalue weighted by molar-refractivity contribution is -0.179. The van der Waals surface area contributed by atoms with Crippen molar-refractivity contribution in [3.05, 3.63) is 59.7 Å². The maximum absolute atomic E-state index is 14.7. The monoisotopic (exact) mass is 615 g/mol. The largest absolute Gasteiger partial charge is 0.450 e. The molecule has 45 heavy (non-hydrogen) atoms. The average molecular weight is 616 g/mol. The first-order chi connectivity index (χ1) is 21.5. The van der Waals surface area contributed by atoms with Gasteiger partial charge in [-0.1, -0.05) is 81.7 Å². The van der Waals surface area contributed by atoms with Crippen molar-refractivity contribution in [1.82, 2.24) is 4.90 Å². The van der Waals surface area contributed by atoms with Gasteiger partial charge in [0, 0.05) is 34.3 Å². The van der Waals surface area contributed by atoms with E-state index in [1.165, 1.54) is 6.42 Å². The fourth-order valence-electron chi connectivity index (χ4n) is 11.7. The van der Waals surface area contributed by atoms with E-state index in [4.69, 9.17) is 4.74 Å². The summed E-state index contributed by atoms with van der Waals surface area (Å²) < 4.78 is 5.52. The minimum absolute atomic E-state index is 0.0381. The first kappa shape index (κ1) is 31.2. The second-order valence-corrected chi connectivity index (χ2v) is 16.1. The summed E-state index contributed by atoms with van der Waals surface area (Å²) in [4.78, 5) is 29.8. The number of carbonyl (C=O) groups is 2. The number of allylic oxidation sites excluding steroid dienone is 4. The van der Waals surface area contributed by atoms with Gasteiger partial charge in [0.25, 0.3) is 0 Å². The van der Waals surface area contributed by atoms with Gasteiger partial charge < -0.3 is 19.8 Å². The van der Waals surface area contributed by atoms with Crippen LogP contribution in [0.4, 0.5) is 4.79 Å². The highest BCUT2D eigenvalue weighted by atomic mass is 16.6. The minimum Gasteiger partial charge on any atom is -0.450 e. The van der Waals surface area contributed by atoms with E-state index in [0.29, 0.717) is 31.1 Å². The Morgan fingerprint density at radius 1 is 0.911 bits per heavy atom. The molecule has 2 bridgehead atoms. The Hall–Kier alpha value is -2.44. The van der Waals surface area contributed by atoms with Crippen LogP contribution in [0.5, 0.6) is 0 Å². The Labute approximate surface area is 269 Å². The molecule has 244 valence electrons. The van der Waals surface area contributed by atoms with Crippen molar-refractivity contribution in [2.45, 2.75) is 116 Å². The molecule has 1 aromatic carbocycles. The van der Waals surface area contributed by atoms with Crippen LogP contribution in [0.1, 0.15) is 103 Å². The number of Topliss-reactive ketones (excluding diaryl/α,β-unsaturated/α-hetero) is 1. The Balaban J connectivity index is 1.29. The van der Waals surface area contributed by atoms with Crippen LogP contribution in [-0.2, 0) is 16.1 Å². The van der Waals surface area contributed by atoms with E-state index >= 15 is 0 Å². The fraction of sp³-hybridized carbons (Fsp3) is 0.692. The predicted molar refractivity (Wildman–Crippen MR) is 174 cm³/mol. The second-order valence-electron chi connectivity index (χ2n) is 16.1. The topological polar surface area (TPSA) is 87.1 Å². The van der Waals surface area contributed by atoms with Gasteiger partial charge in [0.1, 0.15) is 0 Å². The molecule has 7 aliphatic rings. The number of benzene rings is 1. The number of amides is 1. The molecule has 0 aliphatic heterocycles. The van der Waals surface area contributed by atoms with Crippen LogP contribution in [0.25, 0.3) is 0 Å². The summed E-state index contributed by atoms with van der Waals surface area (Å²) in [6.45, 7) is 7.38. The minimum atomic E-state index is -1.11. The van der Waals surface area contributed by atoms with E-state index < -0.39 is 22.5 Å². The van der Waals surface area contributed by atoms with Crippen molar-refractivity contribution in [2.75, 3.05) is 13.2 Å². The zero-order valence-corrected chi connectivity index (χ0v) is 27.6. The number of aliphatic hydroxyl groups is 2. The molecule has 8 atom stereocenters. The number of hydrogen-bond donors (Lipinski definition) is 2. The van der Waals surface area contributed by atoms with Crippen LogP contribution >= 0.6 is 0 Å². The normalized spacial score (nSPS) is 41.9. The lowest BCUT2D eigenvalue weighted by atomic mass is 9.32. The number of rotatable bonds is 7. The van der Waals surface area contributed by atoms with Crippen LogP contribution in [0.2, 0.25) is 0 Å². The molecule has 6 nitrogen and oxygen atoms in total. The summed E-state index contributed by atoms with van der Waals surface area (Å²) in [5.74, 6) is 0.789. The number of nitrogens with zero attached hydrogens (tertiary/aromatic N) is 1. The zero-order chi connectivity index (χ0) is 31.7. The highest BCUT2D eigenvalue weighted by Crippen LogP contribution is 2.78. The molecule has 7 aliphatic carbocycles. The van der Waals surface area contributed by atoms with E-state index in [0.717, 1.165) is 68.9 Å². The number of carbonyl (C=O) groups excluding carboxylic acids is 2. The summed E-state index contributed by atoms with van der Waals surface area (Å²) in [5, 5.41) is 23.8. The number of ether oxygens (including phenoxy) is 1. The molecular weight excluding hydrogens is 562 g/mol. The summed E-state index contributed by atoms with van der Waals surface area (Å²) in [5.41, 5.74) is -0.353. The summed E-state index contributed by atoms with van der Waals surface area (Å²) >= 11 is 0. The SMILES string of the molecule is CCOC(=O)N(Cc1ccccc1)CC1(O)CCC2C34C=CC5(C=C3C(=O)C3CCCCC3)CC(O)CCC5(C)C4CCC21C. The molecule has 8 rings (SSSR count). The van der Waals surface area contributed by atoms with Crippen LogP contribution in [0.15, 0.2) is 54.1 Å². The van der Waals surface area contributed by atoms with Gasteiger partial charge in [-0.2, -0.15) is 0 Å². The summed E-state index contributed by atoms with van der Waals surface area (Å²) in [7, 11) is 0. The van der Waals surface area contributed by atoms with E-state index in [1.807, 2.05) is 37.3 Å². The summed E-state index contributed by atoms with van der Waals surface area (Å²) in [6, 6.07) is 9.94. The number of aliphatic hydroxyl groups excluding tert-OH is 1. The van der Waals surface area contributed by atoms with Crippen molar-refractivity contribution in [2.24, 2.45) is 39.4 Å². The van der Waals surface area contributed by atoms with Gasteiger partial charge in [-0.25, -0.2) is 4.79 Å². The highest BCUT2D eigenvalue weighted by Gasteiger charge is 2.74. The van der Waals surface area contributed by atoms with Gasteiger partial charge >= 0.3 is 6.09 Å². The molecule has 4 saturated carbocycles. The van der Waals surface area contributed by atoms with Gasteiger partial charge in [-0.15, -0.1) is 0 Å². The number of hydrogen-bond acceptors (Lipinski definition) is 5. The van der Waals surface area contributed by atoms with Crippen molar-refractivity contribution >= 4 is 11.9 Å². The first-order valence-corrected chi connectivity index (χ1v) is 17.9. The lowest BCUT2D eigenvalue weighted by Crippen LogP contribution is -2.67. The van der Waals surface area contributed by atoms with Crippen LogP contribution in [-0.4, -0.2) is 51.8 Å². The first-order valence-electron chi connectivity index (χ1n) is 17.9. The lowest BCUT2D eigenvalue weighted by Gasteiger charge is -2.71. The zero-order valence-electron chi connectivity index (χ0n) is 27.6. The molecule has 1 amide bonds. The van der Waals surface area contributed by atoms with Crippen LogP contribution in [0.3, 0.4) is 0 Å². The van der Waals surface area contributed by atoms with Gasteiger partial charge in [0.05, 0.1) is 24.9 Å².